The van der Waals surface area contributed by atoms with Crippen LogP contribution >= 0.6 is 0 Å². The number of Topliss-reactive ketones (excluding diaryl/α,β-unsaturated/α-hetero) is 1. The van der Waals surface area contributed by atoms with Crippen molar-refractivity contribution in [3.05, 3.63) is 5.82 Å². The van der Waals surface area contributed by atoms with Gasteiger partial charge in [-0.05, 0) is 30.2 Å². The van der Waals surface area contributed by atoms with Crippen LogP contribution in [0.25, 0.3) is 0 Å². The van der Waals surface area contributed by atoms with Crippen molar-refractivity contribution >= 4 is 5.78 Å². The number of hydrogen-bond acceptors (Lipinski definition) is 5. The number of aryl methyl sites for hydroxylation is 1. The molecule has 1 saturated heterocycles. The van der Waals surface area contributed by atoms with Gasteiger partial charge in [0.05, 0.1) is 6.10 Å². The molecule has 0 aromatic carbocycles. The van der Waals surface area contributed by atoms with Crippen LogP contribution in [0.3, 0.4) is 0 Å². The monoisotopic (exact) mass is 196 g/mol. The Hall–Kier alpha value is -1.30. The Kier molecular flexibility index (Phi) is 2.28. The van der Waals surface area contributed by atoms with Crippen molar-refractivity contribution in [2.24, 2.45) is 7.05 Å². The molecule has 1 aromatic rings. The molecule has 14 heavy (non-hydrogen) atoms. The minimum absolute atomic E-state index is 0.123. The standard InChI is InChI=1S/C8H12N4O2/c1-5-3-4-6(14-5)7(13)8-9-10-11-12(8)2/h5-6H,3-4H2,1-2H3. The molecule has 1 aliphatic heterocycles. The summed E-state index contributed by atoms with van der Waals surface area (Å²) in [7, 11) is 1.64. The molecule has 0 saturated carbocycles. The van der Waals surface area contributed by atoms with E-state index in [9.17, 15) is 4.79 Å². The number of nitrogens with zero attached hydrogens (tertiary/aromatic N) is 4. The second kappa shape index (κ2) is 3.45. The smallest absolute Gasteiger partial charge is 0.230 e. The molecule has 0 radical (unpaired) electrons. The summed E-state index contributed by atoms with van der Waals surface area (Å²) in [6.07, 6.45) is 1.47. The van der Waals surface area contributed by atoms with Crippen LogP contribution in [0.5, 0.6) is 0 Å². The SMILES string of the molecule is CC1CCC(C(=O)c2nnnn2C)O1. The van der Waals surface area contributed by atoms with Gasteiger partial charge in [-0.25, -0.2) is 4.68 Å². The molecule has 0 bridgehead atoms. The fraction of sp³-hybridized carbons (Fsp3) is 0.750. The van der Waals surface area contributed by atoms with E-state index in [0.717, 1.165) is 12.8 Å². The van der Waals surface area contributed by atoms with E-state index in [-0.39, 0.29) is 23.8 Å². The summed E-state index contributed by atoms with van der Waals surface area (Å²) >= 11 is 0. The molecular formula is C8H12N4O2. The number of carbonyl (C=O) groups is 1. The minimum Gasteiger partial charge on any atom is -0.367 e. The molecule has 2 unspecified atom stereocenters. The first kappa shape index (κ1) is 9.26. The zero-order valence-electron chi connectivity index (χ0n) is 8.17. The van der Waals surface area contributed by atoms with Crippen molar-refractivity contribution in [3.63, 3.8) is 0 Å². The zero-order chi connectivity index (χ0) is 10.1. The molecule has 2 atom stereocenters. The van der Waals surface area contributed by atoms with E-state index in [1.807, 2.05) is 6.92 Å². The van der Waals surface area contributed by atoms with Gasteiger partial charge in [-0.3, -0.25) is 4.79 Å². The van der Waals surface area contributed by atoms with Gasteiger partial charge in [0.2, 0.25) is 11.6 Å². The third-order valence-corrected chi connectivity index (χ3v) is 2.36. The fourth-order valence-corrected chi connectivity index (χ4v) is 1.58. The van der Waals surface area contributed by atoms with Crippen LogP contribution in [0.15, 0.2) is 0 Å². The van der Waals surface area contributed by atoms with E-state index in [4.69, 9.17) is 4.74 Å². The van der Waals surface area contributed by atoms with Crippen molar-refractivity contribution in [2.75, 3.05) is 0 Å². The van der Waals surface area contributed by atoms with Gasteiger partial charge in [0.15, 0.2) is 0 Å². The van der Waals surface area contributed by atoms with Crippen LogP contribution in [0.4, 0.5) is 0 Å². The predicted molar refractivity (Wildman–Crippen MR) is 46.7 cm³/mol. The molecule has 1 aliphatic rings. The Morgan fingerprint density at radius 1 is 1.57 bits per heavy atom. The highest BCUT2D eigenvalue weighted by Gasteiger charge is 2.31. The van der Waals surface area contributed by atoms with Crippen LogP contribution in [-0.2, 0) is 11.8 Å². The topological polar surface area (TPSA) is 69.9 Å². The third-order valence-electron chi connectivity index (χ3n) is 2.36. The summed E-state index contributed by atoms with van der Waals surface area (Å²) < 4.78 is 6.81. The number of rotatable bonds is 2. The molecular weight excluding hydrogens is 184 g/mol. The Balaban J connectivity index is 2.13. The number of aromatic nitrogens is 4. The Bertz CT molecular complexity index is 349. The lowest BCUT2D eigenvalue weighted by atomic mass is 10.1. The molecule has 0 spiro atoms. The molecule has 1 aromatic heterocycles. The third kappa shape index (κ3) is 1.52. The zero-order valence-corrected chi connectivity index (χ0v) is 8.17. The summed E-state index contributed by atoms with van der Waals surface area (Å²) in [4.78, 5) is 11.8. The second-order valence-corrected chi connectivity index (χ2v) is 3.50. The van der Waals surface area contributed by atoms with Gasteiger partial charge in [0, 0.05) is 7.05 Å². The average Bonchev–Trinajstić information content (AvgIpc) is 2.73. The lowest BCUT2D eigenvalue weighted by Crippen LogP contribution is -2.24. The fourth-order valence-electron chi connectivity index (χ4n) is 1.58. The highest BCUT2D eigenvalue weighted by molar-refractivity contribution is 5.96. The molecule has 0 N–H and O–H groups in total. The van der Waals surface area contributed by atoms with E-state index < -0.39 is 0 Å². The van der Waals surface area contributed by atoms with E-state index >= 15 is 0 Å². The maximum Gasteiger partial charge on any atom is 0.230 e. The van der Waals surface area contributed by atoms with Gasteiger partial charge in [0.25, 0.3) is 0 Å². The van der Waals surface area contributed by atoms with Gasteiger partial charge in [-0.15, -0.1) is 5.10 Å². The maximum absolute atomic E-state index is 11.8. The van der Waals surface area contributed by atoms with Crippen LogP contribution in [0.1, 0.15) is 30.4 Å². The number of ether oxygens (including phenoxy) is 1. The van der Waals surface area contributed by atoms with Gasteiger partial charge in [0.1, 0.15) is 6.10 Å². The van der Waals surface area contributed by atoms with Gasteiger partial charge in [-0.2, -0.15) is 0 Å². The molecule has 2 heterocycles. The molecule has 76 valence electrons. The van der Waals surface area contributed by atoms with Crippen molar-refractivity contribution in [2.45, 2.75) is 32.0 Å². The molecule has 6 heteroatoms. The first-order valence-electron chi connectivity index (χ1n) is 4.60. The molecule has 1 fully saturated rings. The molecule has 0 aliphatic carbocycles. The Morgan fingerprint density at radius 3 is 2.86 bits per heavy atom. The maximum atomic E-state index is 11.8. The number of tetrazole rings is 1. The van der Waals surface area contributed by atoms with Crippen LogP contribution in [-0.4, -0.2) is 38.2 Å². The predicted octanol–water partition coefficient (Wildman–Crippen LogP) is -0.0397. The van der Waals surface area contributed by atoms with Crippen molar-refractivity contribution < 1.29 is 9.53 Å². The summed E-state index contributed by atoms with van der Waals surface area (Å²) in [6.45, 7) is 1.96. The largest absolute Gasteiger partial charge is 0.367 e. The van der Waals surface area contributed by atoms with Crippen molar-refractivity contribution in [1.29, 1.82) is 0 Å². The quantitative estimate of drug-likeness (QED) is 0.621. The van der Waals surface area contributed by atoms with E-state index in [2.05, 4.69) is 15.5 Å². The van der Waals surface area contributed by atoms with Gasteiger partial charge in [-0.1, -0.05) is 0 Å². The lowest BCUT2D eigenvalue weighted by Gasteiger charge is -2.07. The minimum atomic E-state index is -0.366. The Labute approximate surface area is 81.2 Å². The summed E-state index contributed by atoms with van der Waals surface area (Å²) in [5.74, 6) is 0.144. The van der Waals surface area contributed by atoms with Crippen LogP contribution < -0.4 is 0 Å². The lowest BCUT2D eigenvalue weighted by molar-refractivity contribution is 0.0421. The summed E-state index contributed by atoms with van der Waals surface area (Å²) in [6, 6.07) is 0. The number of hydrogen-bond donors (Lipinski definition) is 0. The Morgan fingerprint density at radius 2 is 2.36 bits per heavy atom. The second-order valence-electron chi connectivity index (χ2n) is 3.50. The first-order chi connectivity index (χ1) is 6.68. The summed E-state index contributed by atoms with van der Waals surface area (Å²) in [5, 5.41) is 10.7. The molecule has 2 rings (SSSR count). The highest BCUT2D eigenvalue weighted by atomic mass is 16.5. The highest BCUT2D eigenvalue weighted by Crippen LogP contribution is 2.21. The van der Waals surface area contributed by atoms with Crippen molar-refractivity contribution in [3.8, 4) is 0 Å². The normalized spacial score (nSPS) is 26.7. The van der Waals surface area contributed by atoms with Crippen molar-refractivity contribution in [1.82, 2.24) is 20.2 Å². The first-order valence-corrected chi connectivity index (χ1v) is 4.60. The molecule has 0 amide bonds. The number of carbonyl (C=O) groups excluding carboxylic acids is 1. The average molecular weight is 196 g/mol. The summed E-state index contributed by atoms with van der Waals surface area (Å²) in [5.41, 5.74) is 0. The van der Waals surface area contributed by atoms with Crippen LogP contribution in [0.2, 0.25) is 0 Å². The van der Waals surface area contributed by atoms with Crippen LogP contribution in [0, 0.1) is 0 Å². The van der Waals surface area contributed by atoms with E-state index in [1.54, 1.807) is 7.05 Å². The van der Waals surface area contributed by atoms with E-state index in [1.165, 1.54) is 4.68 Å². The van der Waals surface area contributed by atoms with Gasteiger partial charge < -0.3 is 4.74 Å². The van der Waals surface area contributed by atoms with Gasteiger partial charge >= 0.3 is 0 Å². The molecule has 6 nitrogen and oxygen atoms in total. The van der Waals surface area contributed by atoms with E-state index in [0.29, 0.717) is 0 Å². The number of ketones is 1.